The van der Waals surface area contributed by atoms with Crippen LogP contribution in [0.3, 0.4) is 0 Å². The summed E-state index contributed by atoms with van der Waals surface area (Å²) in [6.45, 7) is 5.84. The van der Waals surface area contributed by atoms with Crippen molar-refractivity contribution < 1.29 is 0 Å². The molecule has 124 valence electrons. The number of dihydropyridines is 1. The number of pyridine rings is 1. The van der Waals surface area contributed by atoms with Crippen molar-refractivity contribution in [1.29, 1.82) is 0 Å². The molecular weight excluding hydrogens is 288 g/mol. The molecule has 0 radical (unpaired) electrons. The van der Waals surface area contributed by atoms with E-state index in [1.54, 1.807) is 11.2 Å². The summed E-state index contributed by atoms with van der Waals surface area (Å²) in [7, 11) is 0. The monoisotopic (exact) mass is 314 g/mol. The summed E-state index contributed by atoms with van der Waals surface area (Å²) >= 11 is 0. The second-order valence-electron chi connectivity index (χ2n) is 5.64. The summed E-state index contributed by atoms with van der Waals surface area (Å²) in [5, 5.41) is 5.02. The number of hydrogen-bond donors (Lipinski definition) is 3. The Morgan fingerprint density at radius 3 is 2.87 bits per heavy atom. The van der Waals surface area contributed by atoms with Crippen LogP contribution in [0.25, 0.3) is 0 Å². The van der Waals surface area contributed by atoms with E-state index in [0.29, 0.717) is 12.2 Å². The average Bonchev–Trinajstić information content (AvgIpc) is 2.54. The van der Waals surface area contributed by atoms with E-state index in [4.69, 9.17) is 11.6 Å². The normalized spacial score (nSPS) is 14.6. The Morgan fingerprint density at radius 2 is 2.22 bits per heavy atom. The van der Waals surface area contributed by atoms with E-state index in [-0.39, 0.29) is 0 Å². The molecule has 0 unspecified atom stereocenters. The van der Waals surface area contributed by atoms with Crippen LogP contribution in [0.2, 0.25) is 0 Å². The maximum Gasteiger partial charge on any atom is 0.0544 e. The zero-order chi connectivity index (χ0) is 16.5. The average molecular weight is 314 g/mol. The molecule has 6 nitrogen and oxygen atoms in total. The first kappa shape index (κ1) is 17.1. The molecule has 6 heteroatoms. The molecule has 0 aromatic carbocycles. The molecule has 5 N–H and O–H groups in total. The van der Waals surface area contributed by atoms with Gasteiger partial charge in [-0.05, 0) is 25.1 Å². The number of nitrogens with two attached hydrogens (primary N) is 2. The summed E-state index contributed by atoms with van der Waals surface area (Å²) < 4.78 is 0. The van der Waals surface area contributed by atoms with Crippen LogP contribution in [0.1, 0.15) is 12.6 Å². The van der Waals surface area contributed by atoms with Gasteiger partial charge in [0.1, 0.15) is 0 Å². The highest BCUT2D eigenvalue weighted by Gasteiger charge is 2.11. The Morgan fingerprint density at radius 1 is 1.35 bits per heavy atom. The van der Waals surface area contributed by atoms with Gasteiger partial charge in [-0.3, -0.25) is 9.88 Å². The van der Waals surface area contributed by atoms with E-state index in [1.807, 2.05) is 31.3 Å². The van der Waals surface area contributed by atoms with Gasteiger partial charge in [0.2, 0.25) is 0 Å². The van der Waals surface area contributed by atoms with Gasteiger partial charge in [-0.25, -0.2) is 5.84 Å². The number of nitrogens with one attached hydrogen (secondary N) is 1. The molecule has 0 saturated heterocycles. The highest BCUT2D eigenvalue weighted by Crippen LogP contribution is 2.06. The SMILES string of the molecule is C/C(N)=C/N(N)CCN(CC1=CC=CCN1)Cc1ccccn1. The van der Waals surface area contributed by atoms with Crippen molar-refractivity contribution in [3.05, 3.63) is 65.9 Å². The second kappa shape index (κ2) is 8.97. The predicted octanol–water partition coefficient (Wildman–Crippen LogP) is 0.923. The molecule has 2 rings (SSSR count). The summed E-state index contributed by atoms with van der Waals surface area (Å²) in [6.07, 6.45) is 9.87. The van der Waals surface area contributed by atoms with Crippen molar-refractivity contribution >= 4 is 0 Å². The minimum absolute atomic E-state index is 0.699. The molecule has 1 aromatic rings. The molecule has 0 bridgehead atoms. The lowest BCUT2D eigenvalue weighted by atomic mass is 10.2. The fourth-order valence-corrected chi connectivity index (χ4v) is 2.37. The van der Waals surface area contributed by atoms with Gasteiger partial charge < -0.3 is 16.1 Å². The minimum atomic E-state index is 0.699. The predicted molar refractivity (Wildman–Crippen MR) is 93.6 cm³/mol. The lowest BCUT2D eigenvalue weighted by Gasteiger charge is -2.26. The van der Waals surface area contributed by atoms with Crippen molar-refractivity contribution in [3.63, 3.8) is 0 Å². The van der Waals surface area contributed by atoms with Gasteiger partial charge in [0.25, 0.3) is 0 Å². The van der Waals surface area contributed by atoms with Crippen LogP contribution in [0.5, 0.6) is 0 Å². The molecule has 0 saturated carbocycles. The number of allylic oxidation sites excluding steroid dienone is 3. The van der Waals surface area contributed by atoms with Crippen LogP contribution in [-0.2, 0) is 6.54 Å². The van der Waals surface area contributed by atoms with Crippen molar-refractivity contribution in [3.8, 4) is 0 Å². The summed E-state index contributed by atoms with van der Waals surface area (Å²) in [4.78, 5) is 6.73. The number of hydrogen-bond acceptors (Lipinski definition) is 6. The number of hydrazine groups is 1. The van der Waals surface area contributed by atoms with Gasteiger partial charge in [0.15, 0.2) is 0 Å². The maximum absolute atomic E-state index is 5.94. The van der Waals surface area contributed by atoms with Crippen LogP contribution in [0.15, 0.2) is 60.2 Å². The third-order valence-electron chi connectivity index (χ3n) is 3.43. The Hall–Kier alpha value is -2.31. The number of aromatic nitrogens is 1. The van der Waals surface area contributed by atoms with Crippen LogP contribution in [0.4, 0.5) is 0 Å². The standard InChI is InChI=1S/C17H26N6/c1-15(18)12-23(19)11-10-22(13-16-6-2-4-8-20-16)14-17-7-3-5-9-21-17/h2-8,12,21H,9-11,13-14,18-19H2,1H3/b15-12-. The molecule has 0 spiro atoms. The highest BCUT2D eigenvalue weighted by molar-refractivity contribution is 5.18. The fraction of sp³-hybridized carbons (Fsp3) is 0.353. The first-order valence-corrected chi connectivity index (χ1v) is 7.80. The summed E-state index contributed by atoms with van der Waals surface area (Å²) in [5.74, 6) is 5.94. The summed E-state index contributed by atoms with van der Waals surface area (Å²) in [5.41, 5.74) is 8.62. The number of nitrogens with zero attached hydrogens (tertiary/aromatic N) is 3. The van der Waals surface area contributed by atoms with Gasteiger partial charge in [0.05, 0.1) is 5.69 Å². The lowest BCUT2D eigenvalue weighted by Crippen LogP contribution is -2.38. The van der Waals surface area contributed by atoms with E-state index >= 15 is 0 Å². The van der Waals surface area contributed by atoms with Gasteiger partial charge in [-0.1, -0.05) is 18.2 Å². The molecule has 2 heterocycles. The maximum atomic E-state index is 5.94. The summed E-state index contributed by atoms with van der Waals surface area (Å²) in [6, 6.07) is 5.98. The van der Waals surface area contributed by atoms with Crippen molar-refractivity contribution in [2.75, 3.05) is 26.2 Å². The first-order valence-electron chi connectivity index (χ1n) is 7.80. The molecule has 0 atom stereocenters. The first-order chi connectivity index (χ1) is 11.1. The molecule has 0 amide bonds. The molecule has 0 aliphatic carbocycles. The van der Waals surface area contributed by atoms with Crippen LogP contribution in [0, 0.1) is 0 Å². The largest absolute Gasteiger partial charge is 0.401 e. The van der Waals surface area contributed by atoms with E-state index in [2.05, 4.69) is 33.4 Å². The zero-order valence-corrected chi connectivity index (χ0v) is 13.7. The lowest BCUT2D eigenvalue weighted by molar-refractivity contribution is 0.241. The van der Waals surface area contributed by atoms with E-state index in [0.717, 1.165) is 31.9 Å². The fourth-order valence-electron chi connectivity index (χ4n) is 2.37. The van der Waals surface area contributed by atoms with Crippen LogP contribution >= 0.6 is 0 Å². The van der Waals surface area contributed by atoms with Crippen molar-refractivity contribution in [2.24, 2.45) is 11.6 Å². The molecule has 0 fully saturated rings. The third kappa shape index (κ3) is 6.54. The van der Waals surface area contributed by atoms with Crippen molar-refractivity contribution in [1.82, 2.24) is 20.2 Å². The molecule has 1 aromatic heterocycles. The highest BCUT2D eigenvalue weighted by atomic mass is 15.4. The van der Waals surface area contributed by atoms with Gasteiger partial charge in [-0.2, -0.15) is 0 Å². The van der Waals surface area contributed by atoms with Gasteiger partial charge >= 0.3 is 0 Å². The molecular formula is C17H26N6. The van der Waals surface area contributed by atoms with Crippen LogP contribution in [-0.4, -0.2) is 41.1 Å². The van der Waals surface area contributed by atoms with Crippen molar-refractivity contribution in [2.45, 2.75) is 13.5 Å². The minimum Gasteiger partial charge on any atom is -0.401 e. The Labute approximate surface area is 138 Å². The van der Waals surface area contributed by atoms with Gasteiger partial charge in [0, 0.05) is 56.5 Å². The zero-order valence-electron chi connectivity index (χ0n) is 13.7. The van der Waals surface area contributed by atoms with E-state index in [1.165, 1.54) is 5.70 Å². The topological polar surface area (TPSA) is 83.4 Å². The molecule has 23 heavy (non-hydrogen) atoms. The number of rotatable bonds is 8. The van der Waals surface area contributed by atoms with E-state index < -0.39 is 0 Å². The third-order valence-corrected chi connectivity index (χ3v) is 3.43. The smallest absolute Gasteiger partial charge is 0.0544 e. The Bertz CT molecular complexity index is 560. The Balaban J connectivity index is 1.97. The van der Waals surface area contributed by atoms with E-state index in [9.17, 15) is 0 Å². The Kier molecular flexibility index (Phi) is 6.65. The molecule has 1 aliphatic rings. The van der Waals surface area contributed by atoms with Crippen LogP contribution < -0.4 is 16.9 Å². The molecule has 1 aliphatic heterocycles. The second-order valence-corrected chi connectivity index (χ2v) is 5.64. The quantitative estimate of drug-likeness (QED) is 0.489. The van der Waals surface area contributed by atoms with Gasteiger partial charge in [-0.15, -0.1) is 0 Å².